The third-order valence-electron chi connectivity index (χ3n) is 4.28. The Morgan fingerprint density at radius 1 is 1.16 bits per heavy atom. The molecule has 2 aromatic carbocycles. The molecule has 1 amide bonds. The molecule has 0 aliphatic rings. The number of nitrogens with one attached hydrogen (secondary N) is 1. The summed E-state index contributed by atoms with van der Waals surface area (Å²) in [5.41, 5.74) is 6.62. The maximum atomic E-state index is 12.5. The lowest BCUT2D eigenvalue weighted by atomic mass is 10.1. The molecule has 4 rings (SSSR count). The van der Waals surface area contributed by atoms with Crippen LogP contribution in [0, 0.1) is 6.92 Å². The Hall–Kier alpha value is -3.44. The summed E-state index contributed by atoms with van der Waals surface area (Å²) in [7, 11) is 0. The number of aryl methyl sites for hydroxylation is 1. The van der Waals surface area contributed by atoms with Gasteiger partial charge in [0.05, 0.1) is 11.4 Å². The molecule has 1 N–H and O–H groups in total. The zero-order chi connectivity index (χ0) is 21.6. The Morgan fingerprint density at radius 2 is 2.00 bits per heavy atom. The second-order valence-electron chi connectivity index (χ2n) is 6.52. The van der Waals surface area contributed by atoms with Crippen molar-refractivity contribution < 1.29 is 4.79 Å². The van der Waals surface area contributed by atoms with Crippen LogP contribution in [0.5, 0.6) is 0 Å². The summed E-state index contributed by atoms with van der Waals surface area (Å²) >= 11 is 3.16. The molecule has 0 unspecified atom stereocenters. The minimum Gasteiger partial charge on any atom is -0.267 e. The summed E-state index contributed by atoms with van der Waals surface area (Å²) in [6, 6.07) is 15.0. The number of aromatic nitrogens is 6. The van der Waals surface area contributed by atoms with Crippen LogP contribution in [0.15, 0.2) is 64.3 Å². The van der Waals surface area contributed by atoms with Crippen molar-refractivity contribution in [3.63, 3.8) is 0 Å². The van der Waals surface area contributed by atoms with Gasteiger partial charge in [-0.05, 0) is 59.7 Å². The van der Waals surface area contributed by atoms with E-state index in [4.69, 9.17) is 0 Å². The molecule has 0 saturated heterocycles. The first-order chi connectivity index (χ1) is 15.1. The fraction of sp³-hybridized carbons (Fsp3) is 0.150. The van der Waals surface area contributed by atoms with Crippen LogP contribution < -0.4 is 5.43 Å². The van der Waals surface area contributed by atoms with Crippen LogP contribution in [0.3, 0.4) is 0 Å². The van der Waals surface area contributed by atoms with Gasteiger partial charge in [0.25, 0.3) is 5.91 Å². The molecule has 11 heteroatoms. The van der Waals surface area contributed by atoms with Crippen molar-refractivity contribution in [2.24, 2.45) is 5.10 Å². The van der Waals surface area contributed by atoms with E-state index in [1.165, 1.54) is 6.33 Å². The van der Waals surface area contributed by atoms with Crippen LogP contribution in [-0.4, -0.2) is 42.0 Å². The van der Waals surface area contributed by atoms with Gasteiger partial charge in [0.15, 0.2) is 4.34 Å². The average molecular weight is 451 g/mol. The number of benzene rings is 2. The van der Waals surface area contributed by atoms with Gasteiger partial charge in [0, 0.05) is 11.3 Å². The number of tetrazole rings is 1. The Bertz CT molecular complexity index is 1200. The highest BCUT2D eigenvalue weighted by molar-refractivity contribution is 8.00. The van der Waals surface area contributed by atoms with Crippen molar-refractivity contribution >= 4 is 34.7 Å². The molecule has 9 nitrogen and oxygen atoms in total. The van der Waals surface area contributed by atoms with Gasteiger partial charge >= 0.3 is 0 Å². The van der Waals surface area contributed by atoms with Crippen molar-refractivity contribution in [1.82, 2.24) is 35.8 Å². The third-order valence-corrected chi connectivity index (χ3v) is 6.33. The van der Waals surface area contributed by atoms with E-state index in [1.54, 1.807) is 33.8 Å². The SMILES string of the molecule is C/C(=N/NC(=O)c1cccc(CSc2nnc(C)s2)c1)c1ccc(-n2cnnn2)cc1. The molecule has 0 saturated carbocycles. The average Bonchev–Trinajstić information content (AvgIpc) is 3.48. The molecular weight excluding hydrogens is 432 g/mol. The molecule has 31 heavy (non-hydrogen) atoms. The van der Waals surface area contributed by atoms with Gasteiger partial charge in [-0.2, -0.15) is 5.10 Å². The molecule has 2 aromatic heterocycles. The molecule has 0 atom stereocenters. The van der Waals surface area contributed by atoms with Gasteiger partial charge in [0.1, 0.15) is 11.3 Å². The fourth-order valence-electron chi connectivity index (χ4n) is 2.68. The lowest BCUT2D eigenvalue weighted by Crippen LogP contribution is -2.19. The number of nitrogens with zero attached hydrogens (tertiary/aromatic N) is 7. The summed E-state index contributed by atoms with van der Waals surface area (Å²) in [5.74, 6) is 0.453. The van der Waals surface area contributed by atoms with E-state index in [0.29, 0.717) is 17.0 Å². The van der Waals surface area contributed by atoms with Gasteiger partial charge in [-0.25, -0.2) is 10.1 Å². The van der Waals surface area contributed by atoms with Crippen LogP contribution in [0.4, 0.5) is 0 Å². The standard InChI is InChI=1S/C20H18N8OS2/c1-13(16-6-8-18(9-7-16)28-12-21-26-27-28)22-24-19(29)17-5-3-4-15(10-17)11-30-20-25-23-14(2)31-20/h3-10,12H,11H2,1-2H3,(H,24,29)/b22-13-. The summed E-state index contributed by atoms with van der Waals surface area (Å²) < 4.78 is 2.48. The smallest absolute Gasteiger partial charge is 0.267 e. The van der Waals surface area contributed by atoms with Gasteiger partial charge in [0.2, 0.25) is 0 Å². The molecule has 0 aliphatic heterocycles. The van der Waals surface area contributed by atoms with E-state index in [0.717, 1.165) is 26.2 Å². The van der Waals surface area contributed by atoms with Crippen molar-refractivity contribution in [3.05, 3.63) is 76.6 Å². The Balaban J connectivity index is 1.37. The van der Waals surface area contributed by atoms with Crippen molar-refractivity contribution in [2.45, 2.75) is 23.9 Å². The lowest BCUT2D eigenvalue weighted by Gasteiger charge is -2.06. The largest absolute Gasteiger partial charge is 0.271 e. The molecule has 0 aliphatic carbocycles. The number of hydrazone groups is 1. The van der Waals surface area contributed by atoms with Gasteiger partial charge < -0.3 is 0 Å². The first kappa shape index (κ1) is 20.8. The number of hydrogen-bond acceptors (Lipinski definition) is 9. The highest BCUT2D eigenvalue weighted by Gasteiger charge is 2.08. The summed E-state index contributed by atoms with van der Waals surface area (Å²) in [5, 5.41) is 24.4. The van der Waals surface area contributed by atoms with Crippen LogP contribution in [-0.2, 0) is 5.75 Å². The third kappa shape index (κ3) is 5.38. The second kappa shape index (κ2) is 9.58. The number of hydrogen-bond donors (Lipinski definition) is 1. The predicted molar refractivity (Wildman–Crippen MR) is 119 cm³/mol. The van der Waals surface area contributed by atoms with E-state index in [9.17, 15) is 4.79 Å². The number of thioether (sulfide) groups is 1. The molecule has 0 bridgehead atoms. The molecule has 4 aromatic rings. The lowest BCUT2D eigenvalue weighted by molar-refractivity contribution is 0.0954. The number of carbonyl (C=O) groups is 1. The molecular formula is C20H18N8OS2. The van der Waals surface area contributed by atoms with E-state index in [-0.39, 0.29) is 5.91 Å². The maximum absolute atomic E-state index is 12.5. The van der Waals surface area contributed by atoms with E-state index in [2.05, 4.69) is 36.3 Å². The van der Waals surface area contributed by atoms with Crippen LogP contribution in [0.1, 0.15) is 33.4 Å². The quantitative estimate of drug-likeness (QED) is 0.261. The highest BCUT2D eigenvalue weighted by Crippen LogP contribution is 2.25. The fourth-order valence-corrected chi connectivity index (χ4v) is 4.44. The summed E-state index contributed by atoms with van der Waals surface area (Å²) in [4.78, 5) is 12.5. The van der Waals surface area contributed by atoms with Gasteiger partial charge in [-0.1, -0.05) is 47.4 Å². The van der Waals surface area contributed by atoms with Crippen LogP contribution >= 0.6 is 23.1 Å². The molecule has 2 heterocycles. The van der Waals surface area contributed by atoms with Crippen LogP contribution in [0.2, 0.25) is 0 Å². The second-order valence-corrected chi connectivity index (χ2v) is 8.92. The minimum absolute atomic E-state index is 0.261. The number of rotatable bonds is 7. The van der Waals surface area contributed by atoms with Crippen LogP contribution in [0.25, 0.3) is 5.69 Å². The zero-order valence-corrected chi connectivity index (χ0v) is 18.4. The normalized spacial score (nSPS) is 11.5. The number of carbonyl (C=O) groups excluding carboxylic acids is 1. The van der Waals surface area contributed by atoms with E-state index >= 15 is 0 Å². The topological polar surface area (TPSA) is 111 Å². The van der Waals surface area contributed by atoms with E-state index in [1.807, 2.05) is 56.3 Å². The first-order valence-electron chi connectivity index (χ1n) is 9.29. The molecule has 0 radical (unpaired) electrons. The van der Waals surface area contributed by atoms with Crippen molar-refractivity contribution in [2.75, 3.05) is 0 Å². The number of amides is 1. The first-order valence-corrected chi connectivity index (χ1v) is 11.1. The van der Waals surface area contributed by atoms with Gasteiger partial charge in [-0.15, -0.1) is 15.3 Å². The summed E-state index contributed by atoms with van der Waals surface area (Å²) in [6.45, 7) is 3.77. The minimum atomic E-state index is -0.261. The zero-order valence-electron chi connectivity index (χ0n) is 16.8. The highest BCUT2D eigenvalue weighted by atomic mass is 32.2. The van der Waals surface area contributed by atoms with E-state index < -0.39 is 0 Å². The Labute approximate surface area is 186 Å². The van der Waals surface area contributed by atoms with Crippen molar-refractivity contribution in [1.29, 1.82) is 0 Å². The van der Waals surface area contributed by atoms with Crippen molar-refractivity contribution in [3.8, 4) is 5.69 Å². The maximum Gasteiger partial charge on any atom is 0.271 e. The van der Waals surface area contributed by atoms with Gasteiger partial charge in [-0.3, -0.25) is 4.79 Å². The predicted octanol–water partition coefficient (Wildman–Crippen LogP) is 3.27. The molecule has 156 valence electrons. The Morgan fingerprint density at radius 3 is 2.71 bits per heavy atom. The molecule has 0 spiro atoms. The Kier molecular flexibility index (Phi) is 6.43. The summed E-state index contributed by atoms with van der Waals surface area (Å²) in [6.07, 6.45) is 1.53. The molecule has 0 fully saturated rings. The monoisotopic (exact) mass is 450 g/mol.